The summed E-state index contributed by atoms with van der Waals surface area (Å²) < 4.78 is 0. The van der Waals surface area contributed by atoms with Crippen LogP contribution < -0.4 is 16.4 Å². The number of amides is 1. The molecule has 0 aliphatic carbocycles. The van der Waals surface area contributed by atoms with Gasteiger partial charge in [-0.3, -0.25) is 9.78 Å². The molecule has 3 aromatic heterocycles. The smallest absolute Gasteiger partial charge is 0.252 e. The topological polar surface area (TPSA) is 106 Å². The number of fused-ring (bicyclic) bond motifs is 1. The monoisotopic (exact) mass is 390 g/mol. The van der Waals surface area contributed by atoms with Crippen molar-refractivity contribution >= 4 is 39.0 Å². The molecule has 0 aliphatic rings. The van der Waals surface area contributed by atoms with Gasteiger partial charge in [0.15, 0.2) is 5.13 Å². The number of thiazole rings is 1. The van der Waals surface area contributed by atoms with Crippen molar-refractivity contribution in [3.63, 3.8) is 0 Å². The highest BCUT2D eigenvalue weighted by Gasteiger charge is 2.10. The third-order valence-electron chi connectivity index (χ3n) is 4.09. The van der Waals surface area contributed by atoms with Gasteiger partial charge >= 0.3 is 0 Å². The maximum Gasteiger partial charge on any atom is 0.252 e. The molecule has 0 saturated heterocycles. The Kier molecular flexibility index (Phi) is 5.22. The molecule has 1 amide bonds. The molecule has 3 heterocycles. The van der Waals surface area contributed by atoms with Crippen molar-refractivity contribution in [1.29, 1.82) is 0 Å². The van der Waals surface area contributed by atoms with Gasteiger partial charge in [0.05, 0.1) is 10.4 Å². The van der Waals surface area contributed by atoms with Gasteiger partial charge in [0.1, 0.15) is 5.82 Å². The van der Waals surface area contributed by atoms with Crippen molar-refractivity contribution in [3.05, 3.63) is 66.7 Å². The number of hydrogen-bond acceptors (Lipinski definition) is 7. The van der Waals surface area contributed by atoms with E-state index in [9.17, 15) is 4.79 Å². The average molecular weight is 390 g/mol. The van der Waals surface area contributed by atoms with E-state index in [2.05, 4.69) is 25.6 Å². The van der Waals surface area contributed by atoms with E-state index in [4.69, 9.17) is 5.73 Å². The van der Waals surface area contributed by atoms with Gasteiger partial charge in [-0.15, -0.1) is 0 Å². The minimum atomic E-state index is -0.192. The second-order valence-corrected chi connectivity index (χ2v) is 7.11. The zero-order chi connectivity index (χ0) is 19.3. The lowest BCUT2D eigenvalue weighted by atomic mass is 10.2. The molecule has 0 atom stereocenters. The summed E-state index contributed by atoms with van der Waals surface area (Å²) in [6, 6.07) is 11.8. The molecule has 4 aromatic rings. The minimum Gasteiger partial charge on any atom is -0.351 e. The van der Waals surface area contributed by atoms with E-state index < -0.39 is 0 Å². The summed E-state index contributed by atoms with van der Waals surface area (Å²) in [5.41, 5.74) is 6.75. The van der Waals surface area contributed by atoms with Crippen molar-refractivity contribution in [1.82, 2.24) is 20.3 Å². The zero-order valence-electron chi connectivity index (χ0n) is 14.9. The van der Waals surface area contributed by atoms with Crippen molar-refractivity contribution < 1.29 is 4.79 Å². The minimum absolute atomic E-state index is 0.192. The standard InChI is InChI=1S/C20H18N6OS/c21-5-6-23-19(27)16-7-15(9-22-10-16)17-12-25-20(28-17)26-18-8-13-3-1-2-4-14(13)11-24-18/h1-4,7-12H,5-6,21H2,(H,23,27)(H,24,25,26). The van der Waals surface area contributed by atoms with Crippen LogP contribution in [0.1, 0.15) is 10.4 Å². The molecule has 1 aromatic carbocycles. The van der Waals surface area contributed by atoms with Crippen molar-refractivity contribution in [2.24, 2.45) is 5.73 Å². The molecule has 0 fully saturated rings. The molecule has 0 bridgehead atoms. The Morgan fingerprint density at radius 1 is 1.04 bits per heavy atom. The molecular weight excluding hydrogens is 372 g/mol. The number of carbonyl (C=O) groups is 1. The molecule has 4 rings (SSSR count). The Bertz CT molecular complexity index is 1130. The van der Waals surface area contributed by atoms with E-state index in [-0.39, 0.29) is 5.91 Å². The number of nitrogens with zero attached hydrogens (tertiary/aromatic N) is 3. The number of carbonyl (C=O) groups excluding carboxylic acids is 1. The zero-order valence-corrected chi connectivity index (χ0v) is 15.7. The lowest BCUT2D eigenvalue weighted by molar-refractivity contribution is 0.0954. The number of rotatable bonds is 6. The summed E-state index contributed by atoms with van der Waals surface area (Å²) in [4.78, 5) is 26.0. The Morgan fingerprint density at radius 2 is 1.89 bits per heavy atom. The van der Waals surface area contributed by atoms with Crippen LogP contribution in [0.5, 0.6) is 0 Å². The molecule has 28 heavy (non-hydrogen) atoms. The summed E-state index contributed by atoms with van der Waals surface area (Å²) in [5.74, 6) is 0.538. The lowest BCUT2D eigenvalue weighted by Crippen LogP contribution is -2.29. The van der Waals surface area contributed by atoms with Crippen LogP contribution in [0, 0.1) is 0 Å². The molecule has 0 saturated carbocycles. The number of hydrogen-bond donors (Lipinski definition) is 3. The van der Waals surface area contributed by atoms with Crippen LogP contribution in [0.2, 0.25) is 0 Å². The molecule has 0 radical (unpaired) electrons. The third-order valence-corrected chi connectivity index (χ3v) is 5.05. The van der Waals surface area contributed by atoms with E-state index in [0.717, 1.165) is 32.2 Å². The Hall–Kier alpha value is -3.36. The normalized spacial score (nSPS) is 10.8. The molecule has 8 heteroatoms. The first kappa shape index (κ1) is 18.0. The van der Waals surface area contributed by atoms with Crippen molar-refractivity contribution in [2.45, 2.75) is 0 Å². The van der Waals surface area contributed by atoms with Gasteiger partial charge in [-0.05, 0) is 17.5 Å². The lowest BCUT2D eigenvalue weighted by Gasteiger charge is -2.04. The first-order chi connectivity index (χ1) is 13.7. The Balaban J connectivity index is 1.53. The van der Waals surface area contributed by atoms with Crippen LogP contribution in [0.3, 0.4) is 0 Å². The van der Waals surface area contributed by atoms with Crippen LogP contribution in [-0.4, -0.2) is 33.9 Å². The van der Waals surface area contributed by atoms with Gasteiger partial charge in [-0.2, -0.15) is 0 Å². The highest BCUT2D eigenvalue weighted by molar-refractivity contribution is 7.18. The first-order valence-corrected chi connectivity index (χ1v) is 9.56. The van der Waals surface area contributed by atoms with Gasteiger partial charge in [0, 0.05) is 48.8 Å². The Morgan fingerprint density at radius 3 is 2.75 bits per heavy atom. The maximum absolute atomic E-state index is 12.1. The molecular formula is C20H18N6OS. The second-order valence-electron chi connectivity index (χ2n) is 6.08. The van der Waals surface area contributed by atoms with Crippen LogP contribution in [-0.2, 0) is 0 Å². The van der Waals surface area contributed by atoms with Crippen molar-refractivity contribution in [3.8, 4) is 10.4 Å². The molecule has 0 aliphatic heterocycles. The molecule has 4 N–H and O–H groups in total. The maximum atomic E-state index is 12.1. The molecule has 140 valence electrons. The number of anilines is 2. The van der Waals surface area contributed by atoms with Gasteiger partial charge in [-0.1, -0.05) is 35.6 Å². The van der Waals surface area contributed by atoms with Crippen LogP contribution >= 0.6 is 11.3 Å². The molecule has 0 spiro atoms. The highest BCUT2D eigenvalue weighted by atomic mass is 32.1. The number of pyridine rings is 2. The average Bonchev–Trinajstić information content (AvgIpc) is 3.20. The fourth-order valence-electron chi connectivity index (χ4n) is 2.71. The van der Waals surface area contributed by atoms with E-state index in [0.29, 0.717) is 18.7 Å². The summed E-state index contributed by atoms with van der Waals surface area (Å²) in [6.07, 6.45) is 6.84. The van der Waals surface area contributed by atoms with Crippen molar-refractivity contribution in [2.75, 3.05) is 18.4 Å². The predicted octanol–water partition coefficient (Wildman–Crippen LogP) is 3.19. The number of aromatic nitrogens is 3. The van der Waals surface area contributed by atoms with E-state index >= 15 is 0 Å². The highest BCUT2D eigenvalue weighted by Crippen LogP contribution is 2.30. The SMILES string of the molecule is NCCNC(=O)c1cncc(-c2cnc(Nc3cc4ccccc4cn3)s2)c1. The number of benzene rings is 1. The Labute approximate surface area is 165 Å². The summed E-state index contributed by atoms with van der Waals surface area (Å²) in [5, 5.41) is 8.89. The van der Waals surface area contributed by atoms with Gasteiger partial charge < -0.3 is 16.4 Å². The summed E-state index contributed by atoms with van der Waals surface area (Å²) >= 11 is 1.47. The first-order valence-electron chi connectivity index (χ1n) is 8.74. The van der Waals surface area contributed by atoms with E-state index in [1.165, 1.54) is 17.5 Å². The number of nitrogens with two attached hydrogens (primary N) is 1. The second kappa shape index (κ2) is 8.12. The fourth-order valence-corrected chi connectivity index (χ4v) is 3.52. The number of nitrogens with one attached hydrogen (secondary N) is 2. The molecule has 7 nitrogen and oxygen atoms in total. The fraction of sp³-hybridized carbons (Fsp3) is 0.100. The predicted molar refractivity (Wildman–Crippen MR) is 112 cm³/mol. The third kappa shape index (κ3) is 3.98. The van der Waals surface area contributed by atoms with Crippen LogP contribution in [0.4, 0.5) is 10.9 Å². The largest absolute Gasteiger partial charge is 0.351 e. The van der Waals surface area contributed by atoms with Gasteiger partial charge in [-0.25, -0.2) is 9.97 Å². The molecule has 0 unspecified atom stereocenters. The van der Waals surface area contributed by atoms with Gasteiger partial charge in [0.25, 0.3) is 5.91 Å². The van der Waals surface area contributed by atoms with Gasteiger partial charge in [0.2, 0.25) is 0 Å². The summed E-state index contributed by atoms with van der Waals surface area (Å²) in [7, 11) is 0. The van der Waals surface area contributed by atoms with Crippen LogP contribution in [0.25, 0.3) is 21.2 Å². The van der Waals surface area contributed by atoms with E-state index in [1.54, 1.807) is 18.5 Å². The quantitative estimate of drug-likeness (QED) is 0.467. The summed E-state index contributed by atoms with van der Waals surface area (Å²) in [6.45, 7) is 0.821. The van der Waals surface area contributed by atoms with E-state index in [1.807, 2.05) is 36.5 Å². The van der Waals surface area contributed by atoms with Crippen LogP contribution in [0.15, 0.2) is 61.2 Å².